The lowest BCUT2D eigenvalue weighted by Crippen LogP contribution is -2.24. The maximum absolute atomic E-state index is 13.1. The number of amides is 1. The molecule has 0 spiro atoms. The minimum absolute atomic E-state index is 0.202. The van der Waals surface area contributed by atoms with Gasteiger partial charge in [-0.3, -0.25) is 4.79 Å². The van der Waals surface area contributed by atoms with E-state index in [1.54, 1.807) is 18.2 Å². The third kappa shape index (κ3) is 3.90. The predicted molar refractivity (Wildman–Crippen MR) is 100.0 cm³/mol. The van der Waals surface area contributed by atoms with Crippen LogP contribution in [0.3, 0.4) is 0 Å². The first-order valence-electron chi connectivity index (χ1n) is 8.52. The lowest BCUT2D eigenvalue weighted by atomic mass is 10.1. The van der Waals surface area contributed by atoms with Crippen molar-refractivity contribution in [1.29, 1.82) is 0 Å². The van der Waals surface area contributed by atoms with Crippen LogP contribution in [0.25, 0.3) is 16.9 Å². The summed E-state index contributed by atoms with van der Waals surface area (Å²) in [5.41, 5.74) is 3.01. The Bertz CT molecular complexity index is 1100. The van der Waals surface area contributed by atoms with Crippen molar-refractivity contribution in [3.63, 3.8) is 0 Å². The predicted octanol–water partition coefficient (Wildman–Crippen LogP) is 2.79. The average molecular weight is 374 g/mol. The number of hydrogen-bond acceptors (Lipinski definition) is 5. The first kappa shape index (κ1) is 17.5. The molecule has 0 aliphatic heterocycles. The van der Waals surface area contributed by atoms with Gasteiger partial charge in [0.1, 0.15) is 12.1 Å². The van der Waals surface area contributed by atoms with E-state index in [1.807, 2.05) is 30.3 Å². The molecule has 2 aromatic carbocycles. The van der Waals surface area contributed by atoms with E-state index >= 15 is 0 Å². The number of para-hydroxylation sites is 1. The number of hydrogen-bond donors (Lipinski definition) is 1. The number of carbonyl (C=O) groups is 1. The van der Waals surface area contributed by atoms with E-state index < -0.39 is 0 Å². The van der Waals surface area contributed by atoms with Gasteiger partial charge in [0.05, 0.1) is 29.8 Å². The zero-order valence-corrected chi connectivity index (χ0v) is 14.7. The molecule has 8 heteroatoms. The van der Waals surface area contributed by atoms with Crippen molar-refractivity contribution in [2.24, 2.45) is 0 Å². The second kappa shape index (κ2) is 7.75. The number of benzene rings is 2. The largest absolute Gasteiger partial charge is 0.345 e. The van der Waals surface area contributed by atoms with Crippen LogP contribution in [0.1, 0.15) is 16.2 Å². The molecule has 138 valence electrons. The molecule has 2 aromatic heterocycles. The quantitative estimate of drug-likeness (QED) is 0.581. The van der Waals surface area contributed by atoms with Crippen LogP contribution in [0.15, 0.2) is 73.2 Å². The van der Waals surface area contributed by atoms with Gasteiger partial charge in [-0.25, -0.2) is 14.4 Å². The highest BCUT2D eigenvalue weighted by Gasteiger charge is 2.12. The molecule has 1 N–H and O–H groups in total. The molecular formula is C20H15FN6O. The third-order valence-corrected chi connectivity index (χ3v) is 4.01. The molecule has 0 bridgehead atoms. The summed E-state index contributed by atoms with van der Waals surface area (Å²) in [6.07, 6.45) is 2.82. The van der Waals surface area contributed by atoms with Gasteiger partial charge >= 0.3 is 0 Å². The standard InChI is InChI=1S/C20H15FN6O/c21-15-8-6-14(7-9-15)18-10-16(23-13-24-18)11-22-20(28)19-12-25-27(26-19)17-4-2-1-3-5-17/h1-10,12-13H,11H2,(H,22,28). The van der Waals surface area contributed by atoms with E-state index in [0.717, 1.165) is 11.3 Å². The number of nitrogens with one attached hydrogen (secondary N) is 1. The van der Waals surface area contributed by atoms with Crippen molar-refractivity contribution in [3.8, 4) is 16.9 Å². The molecule has 0 saturated carbocycles. The first-order valence-corrected chi connectivity index (χ1v) is 8.52. The average Bonchev–Trinajstić information content (AvgIpc) is 3.24. The maximum Gasteiger partial charge on any atom is 0.273 e. The molecule has 0 radical (unpaired) electrons. The summed E-state index contributed by atoms with van der Waals surface area (Å²) in [4.78, 5) is 22.1. The van der Waals surface area contributed by atoms with Crippen molar-refractivity contribution in [2.45, 2.75) is 6.54 Å². The molecule has 7 nitrogen and oxygen atoms in total. The fourth-order valence-electron chi connectivity index (χ4n) is 2.59. The molecule has 2 heterocycles. The number of halogens is 1. The van der Waals surface area contributed by atoms with Gasteiger partial charge in [-0.05, 0) is 42.5 Å². The fourth-order valence-corrected chi connectivity index (χ4v) is 2.59. The molecule has 4 aromatic rings. The normalized spacial score (nSPS) is 10.6. The van der Waals surface area contributed by atoms with Crippen LogP contribution in [0.4, 0.5) is 4.39 Å². The van der Waals surface area contributed by atoms with Crippen molar-refractivity contribution in [1.82, 2.24) is 30.3 Å². The summed E-state index contributed by atoms with van der Waals surface area (Å²) in [5, 5.41) is 11.1. The molecule has 0 saturated heterocycles. The van der Waals surface area contributed by atoms with E-state index in [4.69, 9.17) is 0 Å². The van der Waals surface area contributed by atoms with E-state index in [0.29, 0.717) is 11.4 Å². The number of aromatic nitrogens is 5. The monoisotopic (exact) mass is 374 g/mol. The number of carbonyl (C=O) groups excluding carboxylic acids is 1. The fraction of sp³-hybridized carbons (Fsp3) is 0.0500. The zero-order valence-electron chi connectivity index (χ0n) is 14.7. The summed E-state index contributed by atoms with van der Waals surface area (Å²) < 4.78 is 13.1. The minimum atomic E-state index is -0.357. The van der Waals surface area contributed by atoms with Crippen LogP contribution in [0.2, 0.25) is 0 Å². The smallest absolute Gasteiger partial charge is 0.273 e. The lowest BCUT2D eigenvalue weighted by molar-refractivity contribution is 0.0945. The summed E-state index contributed by atoms with van der Waals surface area (Å²) in [5.74, 6) is -0.669. The second-order valence-corrected chi connectivity index (χ2v) is 5.94. The Hall–Kier alpha value is -3.94. The Kier molecular flexibility index (Phi) is 4.83. The van der Waals surface area contributed by atoms with E-state index in [9.17, 15) is 9.18 Å². The zero-order chi connectivity index (χ0) is 19.3. The van der Waals surface area contributed by atoms with Gasteiger partial charge in [-0.15, -0.1) is 5.10 Å². The molecule has 28 heavy (non-hydrogen) atoms. The van der Waals surface area contributed by atoms with Crippen LogP contribution in [-0.4, -0.2) is 30.9 Å². The molecule has 0 atom stereocenters. The molecule has 0 aliphatic carbocycles. The summed E-state index contributed by atoms with van der Waals surface area (Å²) in [6, 6.07) is 17.1. The lowest BCUT2D eigenvalue weighted by Gasteiger charge is -2.05. The van der Waals surface area contributed by atoms with Gasteiger partial charge in [-0.1, -0.05) is 18.2 Å². The molecule has 4 rings (SSSR count). The van der Waals surface area contributed by atoms with Gasteiger partial charge < -0.3 is 5.32 Å². The van der Waals surface area contributed by atoms with Gasteiger partial charge in [0.15, 0.2) is 5.69 Å². The van der Waals surface area contributed by atoms with Crippen molar-refractivity contribution >= 4 is 5.91 Å². The van der Waals surface area contributed by atoms with Crippen LogP contribution in [0.5, 0.6) is 0 Å². The van der Waals surface area contributed by atoms with Crippen molar-refractivity contribution in [3.05, 3.63) is 90.4 Å². The minimum Gasteiger partial charge on any atom is -0.345 e. The Morgan fingerprint density at radius 2 is 1.82 bits per heavy atom. The van der Waals surface area contributed by atoms with Gasteiger partial charge in [0.2, 0.25) is 0 Å². The van der Waals surface area contributed by atoms with E-state index in [2.05, 4.69) is 25.5 Å². The first-order chi connectivity index (χ1) is 13.7. The van der Waals surface area contributed by atoms with Crippen LogP contribution in [-0.2, 0) is 6.54 Å². The van der Waals surface area contributed by atoms with Gasteiger partial charge in [0, 0.05) is 5.56 Å². The molecular weight excluding hydrogens is 359 g/mol. The topological polar surface area (TPSA) is 85.6 Å². The highest BCUT2D eigenvalue weighted by atomic mass is 19.1. The summed E-state index contributed by atoms with van der Waals surface area (Å²) in [7, 11) is 0. The maximum atomic E-state index is 13.1. The number of nitrogens with zero attached hydrogens (tertiary/aromatic N) is 5. The highest BCUT2D eigenvalue weighted by molar-refractivity contribution is 5.91. The molecule has 0 fully saturated rings. The SMILES string of the molecule is O=C(NCc1cc(-c2ccc(F)cc2)ncn1)c1cnn(-c2ccccc2)n1. The Morgan fingerprint density at radius 3 is 2.61 bits per heavy atom. The van der Waals surface area contributed by atoms with E-state index in [-0.39, 0.29) is 24.0 Å². The second-order valence-electron chi connectivity index (χ2n) is 5.94. The highest BCUT2D eigenvalue weighted by Crippen LogP contribution is 2.17. The summed E-state index contributed by atoms with van der Waals surface area (Å²) in [6.45, 7) is 0.202. The van der Waals surface area contributed by atoms with Crippen molar-refractivity contribution in [2.75, 3.05) is 0 Å². The third-order valence-electron chi connectivity index (χ3n) is 4.01. The summed E-state index contributed by atoms with van der Waals surface area (Å²) >= 11 is 0. The van der Waals surface area contributed by atoms with Gasteiger partial charge in [-0.2, -0.15) is 9.90 Å². The van der Waals surface area contributed by atoms with Crippen LogP contribution >= 0.6 is 0 Å². The molecule has 0 unspecified atom stereocenters. The number of rotatable bonds is 5. The Labute approximate surface area is 159 Å². The molecule has 0 aliphatic rings. The van der Waals surface area contributed by atoms with Gasteiger partial charge in [0.25, 0.3) is 5.91 Å². The van der Waals surface area contributed by atoms with Crippen molar-refractivity contribution < 1.29 is 9.18 Å². The van der Waals surface area contributed by atoms with Crippen LogP contribution < -0.4 is 5.32 Å². The Balaban J connectivity index is 1.43. The molecule has 1 amide bonds. The van der Waals surface area contributed by atoms with Crippen LogP contribution in [0, 0.1) is 5.82 Å². The Morgan fingerprint density at radius 1 is 1.04 bits per heavy atom. The van der Waals surface area contributed by atoms with E-state index in [1.165, 1.54) is 29.5 Å².